The van der Waals surface area contributed by atoms with Crippen LogP contribution < -0.4 is 0 Å². The Morgan fingerprint density at radius 3 is 2.70 bits per heavy atom. The second-order valence-electron chi connectivity index (χ2n) is 4.81. The zero-order chi connectivity index (χ0) is 13.9. The number of halogens is 1. The lowest BCUT2D eigenvalue weighted by Crippen LogP contribution is -2.07. The predicted octanol–water partition coefficient (Wildman–Crippen LogP) is 3.57. The fraction of sp³-hybridized carbons (Fsp3) is 0.250. The average molecular weight is 286 g/mol. The first-order chi connectivity index (χ1) is 9.78. The van der Waals surface area contributed by atoms with Crippen LogP contribution in [0.1, 0.15) is 17.2 Å². The third kappa shape index (κ3) is 2.54. The van der Waals surface area contributed by atoms with E-state index in [4.69, 9.17) is 11.6 Å². The fourth-order valence-electron chi connectivity index (χ4n) is 2.43. The zero-order valence-electron chi connectivity index (χ0n) is 11.4. The van der Waals surface area contributed by atoms with Crippen molar-refractivity contribution in [1.82, 2.24) is 14.5 Å². The first kappa shape index (κ1) is 13.1. The van der Waals surface area contributed by atoms with Crippen molar-refractivity contribution in [1.29, 1.82) is 0 Å². The van der Waals surface area contributed by atoms with Crippen LogP contribution in [0, 0.1) is 6.92 Å². The number of nitrogens with zero attached hydrogens (tertiary/aromatic N) is 3. The third-order valence-corrected chi connectivity index (χ3v) is 3.51. The summed E-state index contributed by atoms with van der Waals surface area (Å²) in [6, 6.07) is 14.3. The predicted molar refractivity (Wildman–Crippen MR) is 82.2 cm³/mol. The molecule has 1 aromatic carbocycles. The Morgan fingerprint density at radius 1 is 1.05 bits per heavy atom. The summed E-state index contributed by atoms with van der Waals surface area (Å²) in [7, 11) is 0. The Balaban J connectivity index is 2.06. The van der Waals surface area contributed by atoms with Crippen LogP contribution >= 0.6 is 11.6 Å². The number of aromatic nitrogens is 3. The van der Waals surface area contributed by atoms with E-state index >= 15 is 0 Å². The minimum Gasteiger partial charge on any atom is -0.322 e. The molecule has 20 heavy (non-hydrogen) atoms. The van der Waals surface area contributed by atoms with Crippen molar-refractivity contribution >= 4 is 22.6 Å². The molecule has 0 aliphatic carbocycles. The number of aryl methyl sites for hydroxylation is 2. The van der Waals surface area contributed by atoms with Gasteiger partial charge in [0, 0.05) is 18.0 Å². The van der Waals surface area contributed by atoms with Crippen molar-refractivity contribution in [3.8, 4) is 0 Å². The highest BCUT2D eigenvalue weighted by Crippen LogP contribution is 2.18. The molecular weight excluding hydrogens is 270 g/mol. The number of benzene rings is 1. The molecule has 102 valence electrons. The summed E-state index contributed by atoms with van der Waals surface area (Å²) < 4.78 is 2.21. The van der Waals surface area contributed by atoms with E-state index in [1.807, 2.05) is 43.3 Å². The maximum absolute atomic E-state index is 5.89. The molecule has 3 nitrogen and oxygen atoms in total. The van der Waals surface area contributed by atoms with E-state index in [0.717, 1.165) is 41.2 Å². The summed E-state index contributed by atoms with van der Waals surface area (Å²) in [5.74, 6) is 1.59. The molecule has 0 saturated heterocycles. The number of hydrogen-bond acceptors (Lipinski definition) is 2. The summed E-state index contributed by atoms with van der Waals surface area (Å²) in [4.78, 5) is 9.25. The molecule has 3 aromatic rings. The van der Waals surface area contributed by atoms with Gasteiger partial charge in [0.25, 0.3) is 0 Å². The number of rotatable bonds is 4. The molecule has 0 atom stereocenters. The summed E-state index contributed by atoms with van der Waals surface area (Å²) in [6.07, 6.45) is 0.766. The largest absolute Gasteiger partial charge is 0.322 e. The van der Waals surface area contributed by atoms with Gasteiger partial charge in [0.15, 0.2) is 0 Å². The molecule has 0 bridgehead atoms. The average Bonchev–Trinajstić information content (AvgIpc) is 2.78. The molecule has 0 fully saturated rings. The standard InChI is InChI=1S/C16H16ClN3/c1-12-5-4-6-13(18-12)11-20-15-8-3-2-7-14(15)19-16(20)9-10-17/h2-8H,9-11H2,1H3. The summed E-state index contributed by atoms with van der Waals surface area (Å²) >= 11 is 5.89. The van der Waals surface area contributed by atoms with Gasteiger partial charge in [-0.15, -0.1) is 11.6 Å². The Labute approximate surface area is 123 Å². The van der Waals surface area contributed by atoms with Crippen LogP contribution in [-0.4, -0.2) is 20.4 Å². The molecule has 2 aromatic heterocycles. The van der Waals surface area contributed by atoms with Gasteiger partial charge in [0.2, 0.25) is 0 Å². The molecule has 0 saturated carbocycles. The normalized spacial score (nSPS) is 11.1. The van der Waals surface area contributed by atoms with Crippen molar-refractivity contribution in [3.63, 3.8) is 0 Å². The van der Waals surface area contributed by atoms with Gasteiger partial charge in [0.1, 0.15) is 5.82 Å². The highest BCUT2D eigenvalue weighted by atomic mass is 35.5. The second kappa shape index (κ2) is 5.63. The van der Waals surface area contributed by atoms with Crippen LogP contribution in [0.15, 0.2) is 42.5 Å². The van der Waals surface area contributed by atoms with Gasteiger partial charge in [-0.2, -0.15) is 0 Å². The lowest BCUT2D eigenvalue weighted by Gasteiger charge is -2.08. The fourth-order valence-corrected chi connectivity index (χ4v) is 2.60. The Morgan fingerprint density at radius 2 is 1.90 bits per heavy atom. The minimum atomic E-state index is 0.574. The van der Waals surface area contributed by atoms with E-state index in [2.05, 4.69) is 20.6 Å². The van der Waals surface area contributed by atoms with Crippen LogP contribution in [0.3, 0.4) is 0 Å². The van der Waals surface area contributed by atoms with Gasteiger partial charge in [0.05, 0.1) is 23.3 Å². The zero-order valence-corrected chi connectivity index (χ0v) is 12.1. The number of hydrogen-bond donors (Lipinski definition) is 0. The van der Waals surface area contributed by atoms with E-state index in [1.54, 1.807) is 0 Å². The quantitative estimate of drug-likeness (QED) is 0.686. The molecule has 0 amide bonds. The number of pyridine rings is 1. The number of imidazole rings is 1. The van der Waals surface area contributed by atoms with Gasteiger partial charge in [-0.25, -0.2) is 4.98 Å². The van der Waals surface area contributed by atoms with Gasteiger partial charge in [-0.1, -0.05) is 18.2 Å². The smallest absolute Gasteiger partial charge is 0.111 e. The molecule has 0 aliphatic rings. The Kier molecular flexibility index (Phi) is 3.70. The third-order valence-electron chi connectivity index (χ3n) is 3.32. The van der Waals surface area contributed by atoms with Crippen molar-refractivity contribution in [2.75, 3.05) is 5.88 Å². The molecule has 2 heterocycles. The van der Waals surface area contributed by atoms with Crippen LogP contribution in [0.4, 0.5) is 0 Å². The molecule has 3 rings (SSSR count). The molecule has 0 unspecified atom stereocenters. The summed E-state index contributed by atoms with van der Waals surface area (Å²) in [5.41, 5.74) is 4.23. The number of fused-ring (bicyclic) bond motifs is 1. The Bertz CT molecular complexity index is 733. The monoisotopic (exact) mass is 285 g/mol. The van der Waals surface area contributed by atoms with Crippen molar-refractivity contribution in [2.45, 2.75) is 19.9 Å². The van der Waals surface area contributed by atoms with Crippen molar-refractivity contribution in [2.24, 2.45) is 0 Å². The first-order valence-electron chi connectivity index (χ1n) is 6.70. The molecule has 0 N–H and O–H groups in total. The maximum Gasteiger partial charge on any atom is 0.111 e. The highest BCUT2D eigenvalue weighted by molar-refractivity contribution is 6.17. The van der Waals surface area contributed by atoms with Crippen molar-refractivity contribution < 1.29 is 0 Å². The molecule has 0 aliphatic heterocycles. The molecule has 0 spiro atoms. The van der Waals surface area contributed by atoms with E-state index in [1.165, 1.54) is 0 Å². The number of alkyl halides is 1. The lowest BCUT2D eigenvalue weighted by atomic mass is 10.3. The van der Waals surface area contributed by atoms with E-state index in [9.17, 15) is 0 Å². The van der Waals surface area contributed by atoms with Gasteiger partial charge >= 0.3 is 0 Å². The molecule has 4 heteroatoms. The van der Waals surface area contributed by atoms with Gasteiger partial charge in [-0.3, -0.25) is 4.98 Å². The lowest BCUT2D eigenvalue weighted by molar-refractivity contribution is 0.735. The van der Waals surface area contributed by atoms with Crippen LogP contribution in [0.25, 0.3) is 11.0 Å². The molecule has 0 radical (unpaired) electrons. The van der Waals surface area contributed by atoms with E-state index in [0.29, 0.717) is 5.88 Å². The molecular formula is C16H16ClN3. The van der Waals surface area contributed by atoms with Crippen LogP contribution in [-0.2, 0) is 13.0 Å². The van der Waals surface area contributed by atoms with Gasteiger partial charge < -0.3 is 4.57 Å². The maximum atomic E-state index is 5.89. The topological polar surface area (TPSA) is 30.7 Å². The first-order valence-corrected chi connectivity index (χ1v) is 7.24. The Hall–Kier alpha value is -1.87. The summed E-state index contributed by atoms with van der Waals surface area (Å²) in [5, 5.41) is 0. The van der Waals surface area contributed by atoms with Crippen molar-refractivity contribution in [3.05, 3.63) is 59.7 Å². The van der Waals surface area contributed by atoms with E-state index in [-0.39, 0.29) is 0 Å². The number of para-hydroxylation sites is 2. The van der Waals surface area contributed by atoms with E-state index < -0.39 is 0 Å². The van der Waals surface area contributed by atoms with Crippen LogP contribution in [0.2, 0.25) is 0 Å². The summed E-state index contributed by atoms with van der Waals surface area (Å²) in [6.45, 7) is 2.74. The second-order valence-corrected chi connectivity index (χ2v) is 5.19. The van der Waals surface area contributed by atoms with Crippen LogP contribution in [0.5, 0.6) is 0 Å². The SMILES string of the molecule is Cc1cccc(Cn2c(CCCl)nc3ccccc32)n1. The minimum absolute atomic E-state index is 0.574. The highest BCUT2D eigenvalue weighted by Gasteiger charge is 2.10. The van der Waals surface area contributed by atoms with Gasteiger partial charge in [-0.05, 0) is 31.2 Å².